The summed E-state index contributed by atoms with van der Waals surface area (Å²) in [6.07, 6.45) is 5.01. The van der Waals surface area contributed by atoms with E-state index in [-0.39, 0.29) is 11.8 Å². The second kappa shape index (κ2) is 6.76. The van der Waals surface area contributed by atoms with E-state index in [4.69, 9.17) is 0 Å². The van der Waals surface area contributed by atoms with Crippen LogP contribution in [0.3, 0.4) is 0 Å². The molecule has 1 fully saturated rings. The van der Waals surface area contributed by atoms with Gasteiger partial charge >= 0.3 is 11.9 Å². The summed E-state index contributed by atoms with van der Waals surface area (Å²) in [5, 5.41) is 18.6. The molecule has 0 aromatic heterocycles. The Morgan fingerprint density at radius 3 is 2.22 bits per heavy atom. The van der Waals surface area contributed by atoms with Gasteiger partial charge in [0.25, 0.3) is 0 Å². The predicted molar refractivity (Wildman–Crippen MR) is 68.3 cm³/mol. The van der Waals surface area contributed by atoms with Crippen LogP contribution in [0, 0.1) is 23.7 Å². The minimum absolute atomic E-state index is 0.156. The first kappa shape index (κ1) is 15.0. The van der Waals surface area contributed by atoms with E-state index in [9.17, 15) is 19.8 Å². The SMILES string of the molecule is CCCCC1CCC(C(=O)O)C(CC)C1C(=O)O. The van der Waals surface area contributed by atoms with Crippen LogP contribution in [0.25, 0.3) is 0 Å². The standard InChI is InChI=1S/C14H24O4/c1-3-5-6-9-7-8-11(13(15)16)10(4-2)12(9)14(17)18/h9-12H,3-8H2,1-2H3,(H,15,16)(H,17,18). The average molecular weight is 256 g/mol. The summed E-state index contributed by atoms with van der Waals surface area (Å²) in [6, 6.07) is 0. The lowest BCUT2D eigenvalue weighted by Gasteiger charge is -2.39. The van der Waals surface area contributed by atoms with Crippen LogP contribution in [0.1, 0.15) is 52.4 Å². The fourth-order valence-electron chi connectivity index (χ4n) is 3.41. The van der Waals surface area contributed by atoms with Gasteiger partial charge < -0.3 is 10.2 Å². The van der Waals surface area contributed by atoms with Gasteiger partial charge in [-0.1, -0.05) is 33.1 Å². The Labute approximate surface area is 108 Å². The van der Waals surface area contributed by atoms with E-state index in [1.54, 1.807) is 0 Å². The maximum absolute atomic E-state index is 11.5. The molecule has 2 N–H and O–H groups in total. The maximum atomic E-state index is 11.5. The lowest BCUT2D eigenvalue weighted by Crippen LogP contribution is -2.42. The molecule has 104 valence electrons. The lowest BCUT2D eigenvalue weighted by molar-refractivity contribution is -0.155. The highest BCUT2D eigenvalue weighted by Crippen LogP contribution is 2.43. The molecule has 1 aliphatic rings. The molecule has 0 bridgehead atoms. The normalized spacial score (nSPS) is 32.1. The molecule has 4 unspecified atom stereocenters. The molecule has 0 amide bonds. The maximum Gasteiger partial charge on any atom is 0.307 e. The van der Waals surface area contributed by atoms with Crippen molar-refractivity contribution < 1.29 is 19.8 Å². The molecule has 4 heteroatoms. The van der Waals surface area contributed by atoms with Crippen molar-refractivity contribution in [1.29, 1.82) is 0 Å². The smallest absolute Gasteiger partial charge is 0.307 e. The Bertz CT molecular complexity index is 300. The van der Waals surface area contributed by atoms with Crippen molar-refractivity contribution in [3.63, 3.8) is 0 Å². The van der Waals surface area contributed by atoms with Crippen LogP contribution in [0.5, 0.6) is 0 Å². The monoisotopic (exact) mass is 256 g/mol. The van der Waals surface area contributed by atoms with Gasteiger partial charge in [-0.2, -0.15) is 0 Å². The van der Waals surface area contributed by atoms with Gasteiger partial charge in [-0.3, -0.25) is 9.59 Å². The summed E-state index contributed by atoms with van der Waals surface area (Å²) in [6.45, 7) is 3.99. The van der Waals surface area contributed by atoms with Crippen LogP contribution in [0.2, 0.25) is 0 Å². The highest BCUT2D eigenvalue weighted by atomic mass is 16.4. The highest BCUT2D eigenvalue weighted by Gasteiger charge is 2.44. The van der Waals surface area contributed by atoms with Crippen LogP contribution in [0.4, 0.5) is 0 Å². The van der Waals surface area contributed by atoms with E-state index < -0.39 is 23.8 Å². The third kappa shape index (κ3) is 3.24. The van der Waals surface area contributed by atoms with Gasteiger partial charge in [0.05, 0.1) is 11.8 Å². The third-order valence-electron chi connectivity index (χ3n) is 4.34. The fourth-order valence-corrected chi connectivity index (χ4v) is 3.41. The number of carboxylic acid groups (broad SMARTS) is 2. The third-order valence-corrected chi connectivity index (χ3v) is 4.34. The van der Waals surface area contributed by atoms with E-state index in [0.29, 0.717) is 12.8 Å². The molecular weight excluding hydrogens is 232 g/mol. The average Bonchev–Trinajstić information content (AvgIpc) is 2.34. The molecule has 0 heterocycles. The number of carbonyl (C=O) groups is 2. The Kier molecular flexibility index (Phi) is 5.63. The Morgan fingerprint density at radius 2 is 1.78 bits per heavy atom. The summed E-state index contributed by atoms with van der Waals surface area (Å²) in [5.41, 5.74) is 0. The molecule has 0 aliphatic heterocycles. The van der Waals surface area contributed by atoms with Gasteiger partial charge in [0, 0.05) is 0 Å². The molecule has 1 rings (SSSR count). The number of carboxylic acids is 2. The first-order valence-corrected chi connectivity index (χ1v) is 6.98. The van der Waals surface area contributed by atoms with Gasteiger partial charge in [0.15, 0.2) is 0 Å². The first-order valence-electron chi connectivity index (χ1n) is 6.98. The van der Waals surface area contributed by atoms with Gasteiger partial charge in [0.1, 0.15) is 0 Å². The summed E-state index contributed by atoms with van der Waals surface area (Å²) >= 11 is 0. The molecule has 1 saturated carbocycles. The highest BCUT2D eigenvalue weighted by molar-refractivity contribution is 5.75. The van der Waals surface area contributed by atoms with Crippen molar-refractivity contribution in [2.75, 3.05) is 0 Å². The topological polar surface area (TPSA) is 74.6 Å². The molecule has 0 aromatic carbocycles. The molecule has 18 heavy (non-hydrogen) atoms. The second-order valence-electron chi connectivity index (χ2n) is 5.36. The molecule has 0 saturated heterocycles. The predicted octanol–water partition coefficient (Wildman–Crippen LogP) is 3.01. The fraction of sp³-hybridized carbons (Fsp3) is 0.857. The van der Waals surface area contributed by atoms with Crippen molar-refractivity contribution in [2.45, 2.75) is 52.4 Å². The van der Waals surface area contributed by atoms with Gasteiger partial charge in [0.2, 0.25) is 0 Å². The summed E-state index contributed by atoms with van der Waals surface area (Å²) in [4.78, 5) is 22.7. The van der Waals surface area contributed by atoms with Crippen LogP contribution in [-0.2, 0) is 9.59 Å². The van der Waals surface area contributed by atoms with E-state index in [2.05, 4.69) is 6.92 Å². The van der Waals surface area contributed by atoms with Gasteiger partial charge in [-0.15, -0.1) is 0 Å². The van der Waals surface area contributed by atoms with E-state index >= 15 is 0 Å². The zero-order valence-corrected chi connectivity index (χ0v) is 11.3. The number of rotatable bonds is 6. The van der Waals surface area contributed by atoms with Crippen LogP contribution in [0.15, 0.2) is 0 Å². The molecule has 4 atom stereocenters. The Balaban J connectivity index is 2.86. The zero-order valence-electron chi connectivity index (χ0n) is 11.3. The molecule has 1 aliphatic carbocycles. The van der Waals surface area contributed by atoms with E-state index in [1.165, 1.54) is 0 Å². The lowest BCUT2D eigenvalue weighted by atomic mass is 9.64. The van der Waals surface area contributed by atoms with Crippen molar-refractivity contribution in [1.82, 2.24) is 0 Å². The van der Waals surface area contributed by atoms with Crippen LogP contribution < -0.4 is 0 Å². The van der Waals surface area contributed by atoms with E-state index in [0.717, 1.165) is 25.7 Å². The number of unbranched alkanes of at least 4 members (excludes halogenated alkanes) is 1. The second-order valence-corrected chi connectivity index (χ2v) is 5.36. The molecule has 0 spiro atoms. The number of hydrogen-bond acceptors (Lipinski definition) is 2. The number of aliphatic carboxylic acids is 2. The summed E-state index contributed by atoms with van der Waals surface area (Å²) < 4.78 is 0. The Morgan fingerprint density at radius 1 is 1.11 bits per heavy atom. The Hall–Kier alpha value is -1.06. The molecule has 0 aromatic rings. The van der Waals surface area contributed by atoms with Gasteiger partial charge in [-0.25, -0.2) is 0 Å². The van der Waals surface area contributed by atoms with Crippen LogP contribution in [-0.4, -0.2) is 22.2 Å². The molecular formula is C14H24O4. The summed E-state index contributed by atoms with van der Waals surface area (Å²) in [5.74, 6) is -2.65. The molecule has 0 radical (unpaired) electrons. The quantitative estimate of drug-likeness (QED) is 0.766. The summed E-state index contributed by atoms with van der Waals surface area (Å²) in [7, 11) is 0. The van der Waals surface area contributed by atoms with Gasteiger partial charge in [-0.05, 0) is 31.1 Å². The molecule has 4 nitrogen and oxygen atoms in total. The van der Waals surface area contributed by atoms with Crippen LogP contribution >= 0.6 is 0 Å². The number of hydrogen-bond donors (Lipinski definition) is 2. The van der Waals surface area contributed by atoms with Crippen molar-refractivity contribution in [3.8, 4) is 0 Å². The first-order chi connectivity index (χ1) is 8.52. The zero-order chi connectivity index (χ0) is 13.7. The van der Waals surface area contributed by atoms with Crippen molar-refractivity contribution in [3.05, 3.63) is 0 Å². The van der Waals surface area contributed by atoms with Crippen molar-refractivity contribution in [2.24, 2.45) is 23.7 Å². The minimum atomic E-state index is -0.831. The largest absolute Gasteiger partial charge is 0.481 e. The minimum Gasteiger partial charge on any atom is -0.481 e. The van der Waals surface area contributed by atoms with Crippen molar-refractivity contribution >= 4 is 11.9 Å². The van der Waals surface area contributed by atoms with E-state index in [1.807, 2.05) is 6.92 Å².